The number of benzene rings is 1. The molecule has 3 nitrogen and oxygen atoms in total. The molecule has 1 aliphatic carbocycles. The van der Waals surface area contributed by atoms with Crippen molar-refractivity contribution in [2.24, 2.45) is 0 Å². The van der Waals surface area contributed by atoms with Crippen molar-refractivity contribution in [2.45, 2.75) is 64.3 Å². The van der Waals surface area contributed by atoms with Crippen LogP contribution in [0.3, 0.4) is 0 Å². The van der Waals surface area contributed by atoms with E-state index in [1.165, 1.54) is 18.9 Å². The highest BCUT2D eigenvalue weighted by Gasteiger charge is 2.52. The summed E-state index contributed by atoms with van der Waals surface area (Å²) in [6.07, 6.45) is 2.42. The van der Waals surface area contributed by atoms with E-state index in [-0.39, 0.29) is 29.4 Å². The molecule has 2 fully saturated rings. The van der Waals surface area contributed by atoms with Crippen LogP contribution < -0.4 is 10.8 Å². The molecule has 3 rings (SSSR count). The largest absolute Gasteiger partial charge is 0.495 e. The molecule has 1 N–H and O–H groups in total. The van der Waals surface area contributed by atoms with Gasteiger partial charge in [0.2, 0.25) is 0 Å². The maximum absolute atomic E-state index is 13.6. The second-order valence-electron chi connectivity index (χ2n) is 7.09. The molecule has 2 aliphatic rings. The van der Waals surface area contributed by atoms with Gasteiger partial charge < -0.3 is 14.6 Å². The third-order valence-corrected chi connectivity index (χ3v) is 4.77. The van der Waals surface area contributed by atoms with Crippen LogP contribution in [-0.2, 0) is 15.9 Å². The summed E-state index contributed by atoms with van der Waals surface area (Å²) in [6.45, 7) is 8.76. The molecule has 122 valence electrons. The van der Waals surface area contributed by atoms with Crippen molar-refractivity contribution < 1.29 is 13.7 Å². The molecule has 0 bridgehead atoms. The van der Waals surface area contributed by atoms with E-state index in [1.54, 1.807) is 12.1 Å². The molecule has 0 atom stereocenters. The van der Waals surface area contributed by atoms with Gasteiger partial charge in [-0.05, 0) is 63.7 Å². The molecule has 0 unspecified atom stereocenters. The third-order valence-electron chi connectivity index (χ3n) is 4.77. The molecular weight excluding hydrogens is 303 g/mol. The Morgan fingerprint density at radius 3 is 2.32 bits per heavy atom. The average Bonchev–Trinajstić information content (AvgIpc) is 3.15. The molecule has 1 aromatic rings. The van der Waals surface area contributed by atoms with Gasteiger partial charge in [-0.3, -0.25) is 0 Å². The first-order valence-electron chi connectivity index (χ1n) is 7.66. The highest BCUT2D eigenvalue weighted by Crippen LogP contribution is 2.36. The lowest BCUT2D eigenvalue weighted by atomic mass is 9.76. The number of hydrogen-bond acceptors (Lipinski definition) is 3. The maximum Gasteiger partial charge on any atom is 0.495 e. The molecule has 0 aromatic heterocycles. The minimum atomic E-state index is -0.438. The van der Waals surface area contributed by atoms with E-state index < -0.39 is 7.12 Å². The molecule has 0 amide bonds. The molecule has 1 saturated heterocycles. The van der Waals surface area contributed by atoms with Gasteiger partial charge in [0.05, 0.1) is 11.2 Å². The number of hydrogen-bond donors (Lipinski definition) is 1. The zero-order chi connectivity index (χ0) is 15.3. The first-order valence-corrected chi connectivity index (χ1v) is 7.66. The van der Waals surface area contributed by atoms with Gasteiger partial charge in [-0.1, -0.05) is 6.07 Å². The predicted octanol–water partition coefficient (Wildman–Crippen LogP) is 2.80. The Balaban J connectivity index is 0.00000176. The summed E-state index contributed by atoms with van der Waals surface area (Å²) in [5, 5.41) is 3.43. The van der Waals surface area contributed by atoms with Crippen LogP contribution >= 0.6 is 12.4 Å². The predicted molar refractivity (Wildman–Crippen MR) is 89.2 cm³/mol. The SMILES string of the molecule is CC1(C)OB(c2ccc(F)cc2CNC2CC2)OC1(C)C.Cl. The van der Waals surface area contributed by atoms with E-state index in [4.69, 9.17) is 9.31 Å². The summed E-state index contributed by atoms with van der Waals surface area (Å²) in [5.41, 5.74) is 1.07. The minimum Gasteiger partial charge on any atom is -0.399 e. The highest BCUT2D eigenvalue weighted by molar-refractivity contribution is 6.62. The van der Waals surface area contributed by atoms with Gasteiger partial charge in [0.15, 0.2) is 0 Å². The monoisotopic (exact) mass is 327 g/mol. The van der Waals surface area contributed by atoms with Crippen molar-refractivity contribution in [3.63, 3.8) is 0 Å². The van der Waals surface area contributed by atoms with Crippen LogP contribution in [-0.4, -0.2) is 24.4 Å². The van der Waals surface area contributed by atoms with Gasteiger partial charge in [0.1, 0.15) is 5.82 Å². The average molecular weight is 328 g/mol. The fraction of sp³-hybridized carbons (Fsp3) is 0.625. The molecule has 1 aliphatic heterocycles. The number of nitrogens with one attached hydrogen (secondary N) is 1. The van der Waals surface area contributed by atoms with Crippen molar-refractivity contribution in [3.05, 3.63) is 29.6 Å². The molecule has 0 spiro atoms. The maximum atomic E-state index is 13.6. The Kier molecular flexibility index (Phi) is 4.93. The fourth-order valence-electron chi connectivity index (χ4n) is 2.47. The van der Waals surface area contributed by atoms with Crippen LogP contribution in [0.25, 0.3) is 0 Å². The number of rotatable bonds is 4. The van der Waals surface area contributed by atoms with Crippen molar-refractivity contribution in [1.29, 1.82) is 0 Å². The molecule has 22 heavy (non-hydrogen) atoms. The summed E-state index contributed by atoms with van der Waals surface area (Å²) in [7, 11) is -0.438. The van der Waals surface area contributed by atoms with E-state index in [0.29, 0.717) is 12.6 Å². The summed E-state index contributed by atoms with van der Waals surface area (Å²) < 4.78 is 25.7. The lowest BCUT2D eigenvalue weighted by Crippen LogP contribution is -2.41. The number of halogens is 2. The van der Waals surface area contributed by atoms with Gasteiger partial charge in [-0.15, -0.1) is 12.4 Å². The van der Waals surface area contributed by atoms with E-state index in [0.717, 1.165) is 11.0 Å². The second-order valence-corrected chi connectivity index (χ2v) is 7.09. The summed E-state index contributed by atoms with van der Waals surface area (Å²) in [4.78, 5) is 0. The Morgan fingerprint density at radius 1 is 1.18 bits per heavy atom. The van der Waals surface area contributed by atoms with E-state index >= 15 is 0 Å². The smallest absolute Gasteiger partial charge is 0.399 e. The van der Waals surface area contributed by atoms with Crippen LogP contribution in [0.15, 0.2) is 18.2 Å². The Hall–Kier alpha value is -0.615. The van der Waals surface area contributed by atoms with Gasteiger partial charge in [-0.2, -0.15) is 0 Å². The molecule has 1 heterocycles. The van der Waals surface area contributed by atoms with Gasteiger partial charge in [-0.25, -0.2) is 4.39 Å². The normalized spacial score (nSPS) is 22.5. The van der Waals surface area contributed by atoms with Crippen LogP contribution in [0, 0.1) is 5.82 Å². The van der Waals surface area contributed by atoms with E-state index in [1.807, 2.05) is 27.7 Å². The molecular formula is C16H24BClFNO2. The second kappa shape index (κ2) is 6.12. The summed E-state index contributed by atoms with van der Waals surface area (Å²) in [6, 6.07) is 5.41. The molecule has 6 heteroatoms. The lowest BCUT2D eigenvalue weighted by Gasteiger charge is -2.32. The lowest BCUT2D eigenvalue weighted by molar-refractivity contribution is 0.00578. The van der Waals surface area contributed by atoms with Crippen molar-refractivity contribution in [3.8, 4) is 0 Å². The van der Waals surface area contributed by atoms with Crippen LogP contribution in [0.5, 0.6) is 0 Å². The first-order chi connectivity index (χ1) is 9.78. The van der Waals surface area contributed by atoms with Gasteiger partial charge >= 0.3 is 7.12 Å². The van der Waals surface area contributed by atoms with Crippen LogP contribution in [0.4, 0.5) is 4.39 Å². The van der Waals surface area contributed by atoms with Crippen molar-refractivity contribution >= 4 is 25.0 Å². The molecule has 1 saturated carbocycles. The Morgan fingerprint density at radius 2 is 1.77 bits per heavy atom. The zero-order valence-corrected chi connectivity index (χ0v) is 14.4. The zero-order valence-electron chi connectivity index (χ0n) is 13.6. The third kappa shape index (κ3) is 3.48. The Bertz CT molecular complexity index is 533. The first kappa shape index (κ1) is 17.7. The van der Waals surface area contributed by atoms with Crippen LogP contribution in [0.1, 0.15) is 46.1 Å². The van der Waals surface area contributed by atoms with E-state index in [2.05, 4.69) is 5.32 Å². The minimum absolute atomic E-state index is 0. The highest BCUT2D eigenvalue weighted by atomic mass is 35.5. The van der Waals surface area contributed by atoms with Crippen LogP contribution in [0.2, 0.25) is 0 Å². The van der Waals surface area contributed by atoms with Crippen molar-refractivity contribution in [2.75, 3.05) is 0 Å². The Labute approximate surface area is 138 Å². The topological polar surface area (TPSA) is 30.5 Å². The van der Waals surface area contributed by atoms with Gasteiger partial charge in [0.25, 0.3) is 0 Å². The van der Waals surface area contributed by atoms with Crippen molar-refractivity contribution in [1.82, 2.24) is 5.32 Å². The quantitative estimate of drug-likeness (QED) is 0.863. The summed E-state index contributed by atoms with van der Waals surface area (Å²) >= 11 is 0. The molecule has 1 aromatic carbocycles. The summed E-state index contributed by atoms with van der Waals surface area (Å²) in [5.74, 6) is -0.220. The van der Waals surface area contributed by atoms with Gasteiger partial charge in [0, 0.05) is 12.6 Å². The standard InChI is InChI=1S/C16H23BFNO2.ClH/c1-15(2)16(3,4)21-17(20-15)14-8-5-12(18)9-11(14)10-19-13-6-7-13;/h5,8-9,13,19H,6-7,10H2,1-4H3;1H. The fourth-order valence-corrected chi connectivity index (χ4v) is 2.47. The molecule has 0 radical (unpaired) electrons. The van der Waals surface area contributed by atoms with E-state index in [9.17, 15) is 4.39 Å².